The van der Waals surface area contributed by atoms with Crippen LogP contribution in [0.25, 0.3) is 0 Å². The Bertz CT molecular complexity index is 594. The predicted octanol–water partition coefficient (Wildman–Crippen LogP) is 1.56. The number of nitrogens with zero attached hydrogens (tertiary/aromatic N) is 4. The molecule has 1 saturated carbocycles. The molecule has 0 bridgehead atoms. The first kappa shape index (κ1) is 15.8. The summed E-state index contributed by atoms with van der Waals surface area (Å²) in [6.45, 7) is 1.60. The van der Waals surface area contributed by atoms with Crippen LogP contribution in [-0.2, 0) is 9.53 Å². The van der Waals surface area contributed by atoms with E-state index in [-0.39, 0.29) is 18.1 Å². The maximum absolute atomic E-state index is 12.7. The van der Waals surface area contributed by atoms with E-state index in [1.807, 2.05) is 22.9 Å². The minimum atomic E-state index is 0.124. The Morgan fingerprint density at radius 2 is 2.30 bits per heavy atom. The predicted molar refractivity (Wildman–Crippen MR) is 85.9 cm³/mol. The zero-order valence-corrected chi connectivity index (χ0v) is 13.4. The first-order valence-electron chi connectivity index (χ1n) is 8.17. The summed E-state index contributed by atoms with van der Waals surface area (Å²) in [5, 5.41) is 8.82. The highest BCUT2D eigenvalue weighted by Gasteiger charge is 2.36. The van der Waals surface area contributed by atoms with Gasteiger partial charge in [0.25, 0.3) is 0 Å². The van der Waals surface area contributed by atoms with Gasteiger partial charge in [0.2, 0.25) is 5.91 Å². The number of ether oxygens (including phenoxy) is 1. The van der Waals surface area contributed by atoms with Crippen LogP contribution in [0.15, 0.2) is 18.3 Å². The Kier molecular flexibility index (Phi) is 4.77. The van der Waals surface area contributed by atoms with E-state index in [9.17, 15) is 4.79 Å². The molecule has 1 aromatic rings. The van der Waals surface area contributed by atoms with Gasteiger partial charge in [-0.1, -0.05) is 12.8 Å². The molecule has 2 heterocycles. The van der Waals surface area contributed by atoms with Gasteiger partial charge in [-0.25, -0.2) is 4.98 Å². The lowest BCUT2D eigenvalue weighted by molar-refractivity contribution is -0.148. The minimum Gasteiger partial charge on any atom is -0.374 e. The maximum Gasteiger partial charge on any atom is 0.242 e. The van der Waals surface area contributed by atoms with Crippen molar-refractivity contribution in [2.75, 3.05) is 31.6 Å². The van der Waals surface area contributed by atoms with Crippen LogP contribution in [0.2, 0.25) is 0 Å². The van der Waals surface area contributed by atoms with Gasteiger partial charge in [0.1, 0.15) is 11.9 Å². The molecule has 1 aliphatic heterocycles. The molecule has 1 amide bonds. The summed E-state index contributed by atoms with van der Waals surface area (Å²) in [7, 11) is 1.85. The van der Waals surface area contributed by atoms with E-state index < -0.39 is 0 Å². The molecule has 0 aromatic carbocycles. The third-order valence-corrected chi connectivity index (χ3v) is 4.69. The van der Waals surface area contributed by atoms with Crippen LogP contribution in [0.5, 0.6) is 0 Å². The number of likely N-dealkylation sites (N-methyl/N-ethyl adjacent to an activating group) is 1. The Hall–Kier alpha value is -2.13. The molecule has 3 rings (SSSR count). The molecular weight excluding hydrogens is 292 g/mol. The molecular formula is C17H22N4O2. The van der Waals surface area contributed by atoms with Crippen molar-refractivity contribution in [2.45, 2.75) is 37.8 Å². The molecule has 2 fully saturated rings. The molecule has 122 valence electrons. The standard InChI is InChI=1S/C17H22N4O2/c1-20(16-7-6-13(10-18)11-19-16)12-17(22)21-8-9-23-15-5-3-2-4-14(15)21/h6-7,11,14-15H,2-5,8-9,12H2,1H3/t14-,15+/m1/s1. The first-order chi connectivity index (χ1) is 11.2. The summed E-state index contributed by atoms with van der Waals surface area (Å²) < 4.78 is 5.83. The van der Waals surface area contributed by atoms with Crippen LogP contribution in [0.1, 0.15) is 31.2 Å². The monoisotopic (exact) mass is 314 g/mol. The summed E-state index contributed by atoms with van der Waals surface area (Å²) in [4.78, 5) is 20.8. The molecule has 0 spiro atoms. The van der Waals surface area contributed by atoms with Crippen LogP contribution in [0.3, 0.4) is 0 Å². The average Bonchev–Trinajstić information content (AvgIpc) is 2.61. The number of carbonyl (C=O) groups is 1. The van der Waals surface area contributed by atoms with Crippen LogP contribution in [0, 0.1) is 11.3 Å². The van der Waals surface area contributed by atoms with Crippen molar-refractivity contribution in [2.24, 2.45) is 0 Å². The van der Waals surface area contributed by atoms with Gasteiger partial charge in [0.05, 0.1) is 30.9 Å². The average molecular weight is 314 g/mol. The van der Waals surface area contributed by atoms with E-state index in [0.717, 1.165) is 12.8 Å². The number of anilines is 1. The van der Waals surface area contributed by atoms with Gasteiger partial charge in [0.15, 0.2) is 0 Å². The second-order valence-electron chi connectivity index (χ2n) is 6.22. The number of carbonyl (C=O) groups excluding carboxylic acids is 1. The summed E-state index contributed by atoms with van der Waals surface area (Å²) >= 11 is 0. The van der Waals surface area contributed by atoms with E-state index in [0.29, 0.717) is 31.1 Å². The molecule has 0 N–H and O–H groups in total. The summed E-state index contributed by atoms with van der Waals surface area (Å²) in [6, 6.07) is 5.77. The van der Waals surface area contributed by atoms with E-state index in [1.54, 1.807) is 12.1 Å². The van der Waals surface area contributed by atoms with Crippen LogP contribution >= 0.6 is 0 Å². The number of hydrogen-bond acceptors (Lipinski definition) is 5. The maximum atomic E-state index is 12.7. The second-order valence-corrected chi connectivity index (χ2v) is 6.22. The number of nitriles is 1. The molecule has 1 aliphatic carbocycles. The van der Waals surface area contributed by atoms with Crippen LogP contribution < -0.4 is 4.90 Å². The van der Waals surface area contributed by atoms with Crippen molar-refractivity contribution in [3.05, 3.63) is 23.9 Å². The van der Waals surface area contributed by atoms with Crippen molar-refractivity contribution in [3.8, 4) is 6.07 Å². The topological polar surface area (TPSA) is 69.5 Å². The fraction of sp³-hybridized carbons (Fsp3) is 0.588. The molecule has 2 aliphatic rings. The van der Waals surface area contributed by atoms with Gasteiger partial charge >= 0.3 is 0 Å². The minimum absolute atomic E-state index is 0.124. The second kappa shape index (κ2) is 6.97. The molecule has 6 nitrogen and oxygen atoms in total. The van der Waals surface area contributed by atoms with Crippen molar-refractivity contribution in [1.82, 2.24) is 9.88 Å². The molecule has 23 heavy (non-hydrogen) atoms. The highest BCUT2D eigenvalue weighted by atomic mass is 16.5. The highest BCUT2D eigenvalue weighted by molar-refractivity contribution is 5.81. The van der Waals surface area contributed by atoms with E-state index in [4.69, 9.17) is 10.00 Å². The van der Waals surface area contributed by atoms with Gasteiger partial charge in [-0.2, -0.15) is 5.26 Å². The number of pyridine rings is 1. The molecule has 0 radical (unpaired) electrons. The lowest BCUT2D eigenvalue weighted by Gasteiger charge is -2.44. The number of rotatable bonds is 3. The van der Waals surface area contributed by atoms with E-state index in [1.165, 1.54) is 19.0 Å². The number of fused-ring (bicyclic) bond motifs is 1. The Morgan fingerprint density at radius 3 is 3.04 bits per heavy atom. The zero-order chi connectivity index (χ0) is 16.2. The third-order valence-electron chi connectivity index (χ3n) is 4.69. The summed E-state index contributed by atoms with van der Waals surface area (Å²) in [5.41, 5.74) is 0.520. The summed E-state index contributed by atoms with van der Waals surface area (Å²) in [5.74, 6) is 0.824. The van der Waals surface area contributed by atoms with E-state index >= 15 is 0 Å². The smallest absolute Gasteiger partial charge is 0.242 e. The lowest BCUT2D eigenvalue weighted by atomic mass is 9.90. The fourth-order valence-electron chi connectivity index (χ4n) is 3.46. The normalized spacial score (nSPS) is 23.7. The molecule has 2 atom stereocenters. The molecule has 1 aromatic heterocycles. The number of amides is 1. The van der Waals surface area contributed by atoms with Crippen LogP contribution in [0.4, 0.5) is 5.82 Å². The van der Waals surface area contributed by atoms with Gasteiger partial charge < -0.3 is 14.5 Å². The van der Waals surface area contributed by atoms with Gasteiger partial charge in [-0.3, -0.25) is 4.79 Å². The highest BCUT2D eigenvalue weighted by Crippen LogP contribution is 2.28. The van der Waals surface area contributed by atoms with Gasteiger partial charge in [-0.15, -0.1) is 0 Å². The number of hydrogen-bond donors (Lipinski definition) is 0. The Morgan fingerprint density at radius 1 is 1.48 bits per heavy atom. The van der Waals surface area contributed by atoms with Crippen molar-refractivity contribution in [1.29, 1.82) is 5.26 Å². The van der Waals surface area contributed by atoms with Crippen molar-refractivity contribution < 1.29 is 9.53 Å². The Labute approximate surface area is 136 Å². The SMILES string of the molecule is CN(CC(=O)N1CCO[C@H]2CCCC[C@H]21)c1ccc(C#N)cn1. The van der Waals surface area contributed by atoms with E-state index in [2.05, 4.69) is 4.98 Å². The lowest BCUT2D eigenvalue weighted by Crippen LogP contribution is -2.56. The molecule has 6 heteroatoms. The van der Waals surface area contributed by atoms with Gasteiger partial charge in [-0.05, 0) is 25.0 Å². The quantitative estimate of drug-likeness (QED) is 0.847. The summed E-state index contributed by atoms with van der Waals surface area (Å²) in [6.07, 6.45) is 6.19. The zero-order valence-electron chi connectivity index (χ0n) is 13.4. The number of morpholine rings is 1. The van der Waals surface area contributed by atoms with Crippen molar-refractivity contribution in [3.63, 3.8) is 0 Å². The largest absolute Gasteiger partial charge is 0.374 e. The first-order valence-corrected chi connectivity index (χ1v) is 8.17. The fourth-order valence-corrected chi connectivity index (χ4v) is 3.46. The van der Waals surface area contributed by atoms with Gasteiger partial charge in [0, 0.05) is 19.8 Å². The van der Waals surface area contributed by atoms with Crippen molar-refractivity contribution >= 4 is 11.7 Å². The molecule has 1 saturated heterocycles. The number of aromatic nitrogens is 1. The van der Waals surface area contributed by atoms with Crippen LogP contribution in [-0.4, -0.2) is 54.7 Å². The molecule has 0 unspecified atom stereocenters. The third kappa shape index (κ3) is 3.45. The Balaban J connectivity index is 1.64.